The van der Waals surface area contributed by atoms with Crippen molar-refractivity contribution < 1.29 is 27.9 Å². The van der Waals surface area contributed by atoms with Crippen molar-refractivity contribution in [2.24, 2.45) is 0 Å². The molecule has 18 heavy (non-hydrogen) atoms. The molecule has 6 nitrogen and oxygen atoms in total. The Hall–Kier alpha value is -1.89. The quantitative estimate of drug-likeness (QED) is 0.851. The number of ketones is 1. The van der Waals surface area contributed by atoms with Gasteiger partial charge < -0.3 is 9.84 Å². The number of aromatic carboxylic acids is 1. The van der Waals surface area contributed by atoms with Crippen LogP contribution in [0.3, 0.4) is 0 Å². The van der Waals surface area contributed by atoms with Crippen LogP contribution in [0, 0.1) is 0 Å². The van der Waals surface area contributed by atoms with Gasteiger partial charge in [0.25, 0.3) is 0 Å². The van der Waals surface area contributed by atoms with Crippen molar-refractivity contribution >= 4 is 21.6 Å². The van der Waals surface area contributed by atoms with E-state index in [-0.39, 0.29) is 40.6 Å². The Morgan fingerprint density at radius 2 is 2.06 bits per heavy atom. The van der Waals surface area contributed by atoms with E-state index in [9.17, 15) is 18.0 Å². The van der Waals surface area contributed by atoms with E-state index in [1.165, 1.54) is 0 Å². The van der Waals surface area contributed by atoms with Crippen molar-refractivity contribution in [2.45, 2.75) is 11.3 Å². The summed E-state index contributed by atoms with van der Waals surface area (Å²) in [5.74, 6) is -1.51. The number of hydrogen-bond donors (Lipinski definition) is 1. The molecule has 1 N–H and O–H groups in total. The van der Waals surface area contributed by atoms with Gasteiger partial charge in [0.2, 0.25) is 0 Å². The van der Waals surface area contributed by atoms with Gasteiger partial charge in [0, 0.05) is 12.7 Å². The summed E-state index contributed by atoms with van der Waals surface area (Å²) in [5, 5.41) is 8.99. The molecule has 0 saturated carbocycles. The first kappa shape index (κ1) is 12.6. The van der Waals surface area contributed by atoms with Crippen LogP contribution in [0.1, 0.15) is 27.1 Å². The summed E-state index contributed by atoms with van der Waals surface area (Å²) < 4.78 is 28.2. The number of rotatable bonds is 2. The SMILES string of the molecule is CS(=O)(=O)c1cc2c(cc1C(=O)O)OCCC2=O. The van der Waals surface area contributed by atoms with Crippen LogP contribution in [0.25, 0.3) is 0 Å². The van der Waals surface area contributed by atoms with Crippen LogP contribution in [-0.4, -0.2) is 38.1 Å². The fourth-order valence-corrected chi connectivity index (χ4v) is 2.64. The van der Waals surface area contributed by atoms with Gasteiger partial charge in [-0.3, -0.25) is 4.79 Å². The topological polar surface area (TPSA) is 97.7 Å². The standard InChI is InChI=1S/C11H10O6S/c1-18(15,16)10-5-6-8(12)2-3-17-9(6)4-7(10)11(13)14/h4-5H,2-3H2,1H3,(H,13,14). The molecular formula is C11H10O6S. The molecule has 0 aromatic heterocycles. The van der Waals surface area contributed by atoms with Crippen LogP contribution in [-0.2, 0) is 9.84 Å². The minimum atomic E-state index is -3.72. The van der Waals surface area contributed by atoms with Gasteiger partial charge >= 0.3 is 5.97 Å². The lowest BCUT2D eigenvalue weighted by Gasteiger charge is -2.18. The lowest BCUT2D eigenvalue weighted by molar-refractivity contribution is 0.0690. The molecular weight excluding hydrogens is 260 g/mol. The van der Waals surface area contributed by atoms with Gasteiger partial charge in [-0.2, -0.15) is 0 Å². The highest BCUT2D eigenvalue weighted by molar-refractivity contribution is 7.90. The molecule has 0 bridgehead atoms. The van der Waals surface area contributed by atoms with Gasteiger partial charge in [-0.05, 0) is 12.1 Å². The number of sulfone groups is 1. The summed E-state index contributed by atoms with van der Waals surface area (Å²) in [6.45, 7) is 0.170. The zero-order valence-electron chi connectivity index (χ0n) is 9.47. The third-order valence-corrected chi connectivity index (χ3v) is 3.74. The molecule has 1 aromatic rings. The zero-order valence-corrected chi connectivity index (χ0v) is 10.3. The lowest BCUT2D eigenvalue weighted by atomic mass is 10.0. The summed E-state index contributed by atoms with van der Waals surface area (Å²) in [4.78, 5) is 22.3. The molecule has 96 valence electrons. The van der Waals surface area contributed by atoms with E-state index in [2.05, 4.69) is 0 Å². The zero-order chi connectivity index (χ0) is 13.5. The summed E-state index contributed by atoms with van der Waals surface area (Å²) in [5.41, 5.74) is -0.266. The second-order valence-corrected chi connectivity index (χ2v) is 5.93. The maximum Gasteiger partial charge on any atom is 0.337 e. The molecule has 0 fully saturated rings. The molecule has 1 aliphatic heterocycles. The summed E-state index contributed by atoms with van der Waals surface area (Å²) >= 11 is 0. The highest BCUT2D eigenvalue weighted by Crippen LogP contribution is 2.30. The average Bonchev–Trinajstić information content (AvgIpc) is 2.26. The van der Waals surface area contributed by atoms with Crippen LogP contribution in [0.2, 0.25) is 0 Å². The molecule has 2 rings (SSSR count). The molecule has 0 radical (unpaired) electrons. The Kier molecular flexibility index (Phi) is 2.86. The van der Waals surface area contributed by atoms with Gasteiger partial charge in [0.15, 0.2) is 15.6 Å². The van der Waals surface area contributed by atoms with Crippen molar-refractivity contribution in [3.63, 3.8) is 0 Å². The molecule has 0 spiro atoms. The number of carbonyl (C=O) groups excluding carboxylic acids is 1. The summed E-state index contributed by atoms with van der Waals surface area (Å²) in [6, 6.07) is 2.17. The maximum absolute atomic E-state index is 11.6. The second kappa shape index (κ2) is 4.09. The minimum absolute atomic E-state index is 0.117. The molecule has 0 saturated heterocycles. The second-order valence-electron chi connectivity index (χ2n) is 3.94. The largest absolute Gasteiger partial charge is 0.492 e. The first-order chi connectivity index (χ1) is 8.30. The number of Topliss-reactive ketones (excluding diaryl/α,β-unsaturated/α-hetero) is 1. The van der Waals surface area contributed by atoms with E-state index in [0.717, 1.165) is 18.4 Å². The number of carboxylic acids is 1. The average molecular weight is 270 g/mol. The number of benzene rings is 1. The first-order valence-corrected chi connectivity index (χ1v) is 6.97. The predicted molar refractivity (Wildman–Crippen MR) is 61.0 cm³/mol. The van der Waals surface area contributed by atoms with Crippen molar-refractivity contribution in [1.29, 1.82) is 0 Å². The fraction of sp³-hybridized carbons (Fsp3) is 0.273. The van der Waals surface area contributed by atoms with Crippen molar-refractivity contribution in [1.82, 2.24) is 0 Å². The first-order valence-electron chi connectivity index (χ1n) is 5.08. The van der Waals surface area contributed by atoms with E-state index in [1.54, 1.807) is 0 Å². The molecule has 0 atom stereocenters. The van der Waals surface area contributed by atoms with Crippen LogP contribution in [0.4, 0.5) is 0 Å². The Bertz CT molecular complexity index is 644. The van der Waals surface area contributed by atoms with E-state index >= 15 is 0 Å². The van der Waals surface area contributed by atoms with Crippen LogP contribution >= 0.6 is 0 Å². The number of carbonyl (C=O) groups is 2. The Morgan fingerprint density at radius 1 is 1.39 bits per heavy atom. The molecule has 0 amide bonds. The highest BCUT2D eigenvalue weighted by atomic mass is 32.2. The molecule has 1 heterocycles. The lowest BCUT2D eigenvalue weighted by Crippen LogP contribution is -2.18. The van der Waals surface area contributed by atoms with Crippen molar-refractivity contribution in [3.8, 4) is 5.75 Å². The van der Waals surface area contributed by atoms with Gasteiger partial charge in [0.05, 0.1) is 22.6 Å². The van der Waals surface area contributed by atoms with Gasteiger partial charge in [-0.25, -0.2) is 13.2 Å². The van der Waals surface area contributed by atoms with Crippen LogP contribution < -0.4 is 4.74 Å². The predicted octanol–water partition coefficient (Wildman–Crippen LogP) is 0.754. The summed E-state index contributed by atoms with van der Waals surface area (Å²) in [6.07, 6.45) is 1.05. The fourth-order valence-electron chi connectivity index (χ4n) is 1.76. The third kappa shape index (κ3) is 2.08. The van der Waals surface area contributed by atoms with Crippen molar-refractivity contribution in [2.75, 3.05) is 12.9 Å². The molecule has 1 aliphatic rings. The molecule has 7 heteroatoms. The number of ether oxygens (including phenoxy) is 1. The smallest absolute Gasteiger partial charge is 0.337 e. The van der Waals surface area contributed by atoms with Gasteiger partial charge in [0.1, 0.15) is 5.75 Å². The normalized spacial score (nSPS) is 14.8. The number of fused-ring (bicyclic) bond motifs is 1. The maximum atomic E-state index is 11.6. The molecule has 0 unspecified atom stereocenters. The number of hydrogen-bond acceptors (Lipinski definition) is 5. The van der Waals surface area contributed by atoms with E-state index in [0.29, 0.717) is 0 Å². The van der Waals surface area contributed by atoms with Gasteiger partial charge in [-0.15, -0.1) is 0 Å². The number of carboxylic acid groups (broad SMARTS) is 1. The monoisotopic (exact) mass is 270 g/mol. The van der Waals surface area contributed by atoms with Crippen LogP contribution in [0.5, 0.6) is 5.75 Å². The van der Waals surface area contributed by atoms with E-state index in [1.807, 2.05) is 0 Å². The minimum Gasteiger partial charge on any atom is -0.492 e. The van der Waals surface area contributed by atoms with Gasteiger partial charge in [-0.1, -0.05) is 0 Å². The van der Waals surface area contributed by atoms with E-state index in [4.69, 9.17) is 9.84 Å². The molecule has 0 aliphatic carbocycles. The van der Waals surface area contributed by atoms with Crippen LogP contribution in [0.15, 0.2) is 17.0 Å². The van der Waals surface area contributed by atoms with Crippen molar-refractivity contribution in [3.05, 3.63) is 23.3 Å². The summed E-state index contributed by atoms with van der Waals surface area (Å²) in [7, 11) is -3.72. The Morgan fingerprint density at radius 3 is 2.61 bits per heavy atom. The Labute approximate surface area is 103 Å². The molecule has 1 aromatic carbocycles. The highest BCUT2D eigenvalue weighted by Gasteiger charge is 2.26. The third-order valence-electron chi connectivity index (χ3n) is 2.60. The van der Waals surface area contributed by atoms with E-state index < -0.39 is 15.8 Å². The Balaban J connectivity index is 2.76.